The summed E-state index contributed by atoms with van der Waals surface area (Å²) < 4.78 is 0. The normalized spacial score (nSPS) is 21.3. The highest BCUT2D eigenvalue weighted by atomic mass is 15.2. The molecule has 0 radical (unpaired) electrons. The van der Waals surface area contributed by atoms with Crippen LogP contribution in [0.5, 0.6) is 0 Å². The second-order valence-corrected chi connectivity index (χ2v) is 7.50. The number of likely N-dealkylation sites (N-methyl/N-ethyl adjacent to an activating group) is 1. The van der Waals surface area contributed by atoms with Crippen LogP contribution in [0.25, 0.3) is 10.8 Å². The first-order valence-electron chi connectivity index (χ1n) is 9.44. The number of rotatable bonds is 3. The number of hydrogen-bond donors (Lipinski definition) is 0. The zero-order valence-electron chi connectivity index (χ0n) is 15.4. The van der Waals surface area contributed by atoms with Gasteiger partial charge in [-0.25, -0.2) is 0 Å². The fourth-order valence-corrected chi connectivity index (χ4v) is 4.64. The maximum Gasteiger partial charge on any atom is 0.0326 e. The van der Waals surface area contributed by atoms with Crippen LogP contribution in [0.1, 0.15) is 48.9 Å². The van der Waals surface area contributed by atoms with E-state index in [9.17, 15) is 0 Å². The first-order valence-corrected chi connectivity index (χ1v) is 9.44. The lowest BCUT2D eigenvalue weighted by atomic mass is 9.79. The molecule has 0 saturated carbocycles. The molecule has 0 heterocycles. The molecule has 1 aliphatic rings. The van der Waals surface area contributed by atoms with Crippen molar-refractivity contribution in [1.82, 2.24) is 4.90 Å². The molecule has 4 rings (SSSR count). The number of fused-ring (bicyclic) bond motifs is 2. The number of hydrogen-bond acceptors (Lipinski definition) is 1. The maximum absolute atomic E-state index is 2.60. The molecule has 25 heavy (non-hydrogen) atoms. The van der Waals surface area contributed by atoms with E-state index in [1.54, 1.807) is 0 Å². The Bertz CT molecular complexity index is 877. The second-order valence-electron chi connectivity index (χ2n) is 7.50. The lowest BCUT2D eigenvalue weighted by Gasteiger charge is -2.41. The molecule has 0 bridgehead atoms. The van der Waals surface area contributed by atoms with Gasteiger partial charge in [0.15, 0.2) is 0 Å². The van der Waals surface area contributed by atoms with Gasteiger partial charge >= 0.3 is 0 Å². The molecule has 0 saturated heterocycles. The van der Waals surface area contributed by atoms with Crippen molar-refractivity contribution < 1.29 is 0 Å². The average Bonchev–Trinajstić information content (AvgIpc) is 2.67. The van der Waals surface area contributed by atoms with Crippen molar-refractivity contribution in [3.05, 3.63) is 83.4 Å². The lowest BCUT2D eigenvalue weighted by molar-refractivity contribution is 0.150. The molecular weight excluding hydrogens is 302 g/mol. The van der Waals surface area contributed by atoms with Gasteiger partial charge in [-0.1, -0.05) is 73.7 Å². The molecule has 0 spiro atoms. The molecule has 128 valence electrons. The van der Waals surface area contributed by atoms with Crippen molar-refractivity contribution in [2.45, 2.75) is 44.7 Å². The van der Waals surface area contributed by atoms with Crippen molar-refractivity contribution in [2.75, 3.05) is 7.05 Å². The first kappa shape index (κ1) is 16.4. The summed E-state index contributed by atoms with van der Waals surface area (Å²) in [6.45, 7) is 4.75. The summed E-state index contributed by atoms with van der Waals surface area (Å²) in [4.78, 5) is 2.60. The third-order valence-corrected chi connectivity index (χ3v) is 6.24. The topological polar surface area (TPSA) is 3.24 Å². The van der Waals surface area contributed by atoms with Crippen molar-refractivity contribution >= 4 is 10.8 Å². The summed E-state index contributed by atoms with van der Waals surface area (Å²) in [6, 6.07) is 25.4. The molecule has 3 atom stereocenters. The van der Waals surface area contributed by atoms with Crippen LogP contribution in [0.4, 0.5) is 0 Å². The van der Waals surface area contributed by atoms with Gasteiger partial charge in [-0.2, -0.15) is 0 Å². The number of nitrogens with zero attached hydrogens (tertiary/aromatic N) is 1. The van der Waals surface area contributed by atoms with Crippen molar-refractivity contribution in [1.29, 1.82) is 0 Å². The van der Waals surface area contributed by atoms with E-state index >= 15 is 0 Å². The molecule has 1 heteroatoms. The summed E-state index contributed by atoms with van der Waals surface area (Å²) in [7, 11) is 2.31. The fraction of sp³-hybridized carbons (Fsp3) is 0.333. The SMILES string of the molecule is C[C@H]1c2ccccc2CC[C@H]1N(C)[C@@H](C)c1cccc2ccccc12. The summed E-state index contributed by atoms with van der Waals surface area (Å²) in [6.07, 6.45) is 2.43. The Morgan fingerprint density at radius 2 is 1.64 bits per heavy atom. The standard InChI is InChI=1S/C24H27N/c1-17-21-12-6-4-10-20(21)15-16-24(17)25(3)18(2)22-14-8-11-19-9-5-7-13-23(19)22/h4-14,17-18,24H,15-16H2,1-3H3/t17-,18-,24+/m0/s1. The van der Waals surface area contributed by atoms with E-state index < -0.39 is 0 Å². The van der Waals surface area contributed by atoms with E-state index in [-0.39, 0.29) is 0 Å². The predicted molar refractivity (Wildman–Crippen MR) is 107 cm³/mol. The van der Waals surface area contributed by atoms with Gasteiger partial charge in [0.05, 0.1) is 0 Å². The molecule has 0 unspecified atom stereocenters. The van der Waals surface area contributed by atoms with Gasteiger partial charge < -0.3 is 0 Å². The van der Waals surface area contributed by atoms with Crippen molar-refractivity contribution in [2.24, 2.45) is 0 Å². The highest BCUT2D eigenvalue weighted by Crippen LogP contribution is 2.38. The smallest absolute Gasteiger partial charge is 0.0326 e. The molecule has 3 aromatic rings. The van der Waals surface area contributed by atoms with E-state index in [2.05, 4.69) is 92.5 Å². The molecule has 0 aliphatic heterocycles. The number of aryl methyl sites for hydroxylation is 1. The van der Waals surface area contributed by atoms with Crippen LogP contribution < -0.4 is 0 Å². The Balaban J connectivity index is 1.65. The Hall–Kier alpha value is -2.12. The van der Waals surface area contributed by atoms with E-state index in [4.69, 9.17) is 0 Å². The monoisotopic (exact) mass is 329 g/mol. The van der Waals surface area contributed by atoms with Gasteiger partial charge in [0.25, 0.3) is 0 Å². The van der Waals surface area contributed by atoms with Crippen molar-refractivity contribution in [3.63, 3.8) is 0 Å². The summed E-state index contributed by atoms with van der Waals surface area (Å²) in [5.74, 6) is 0.576. The van der Waals surface area contributed by atoms with Crippen LogP contribution in [-0.4, -0.2) is 18.0 Å². The highest BCUT2D eigenvalue weighted by Gasteiger charge is 2.31. The summed E-state index contributed by atoms with van der Waals surface area (Å²) in [5, 5.41) is 2.72. The molecule has 3 aromatic carbocycles. The lowest BCUT2D eigenvalue weighted by Crippen LogP contribution is -2.40. The van der Waals surface area contributed by atoms with Crippen LogP contribution in [0.2, 0.25) is 0 Å². The second kappa shape index (κ2) is 6.65. The molecule has 1 nitrogen and oxygen atoms in total. The van der Waals surface area contributed by atoms with Gasteiger partial charge in [-0.3, -0.25) is 4.90 Å². The minimum absolute atomic E-state index is 0.406. The number of benzene rings is 3. The van der Waals surface area contributed by atoms with E-state index in [0.717, 1.165) is 0 Å². The van der Waals surface area contributed by atoms with E-state index in [1.807, 2.05) is 0 Å². The molecule has 0 N–H and O–H groups in total. The maximum atomic E-state index is 2.60. The predicted octanol–water partition coefficient (Wildman–Crippen LogP) is 5.95. The quantitative estimate of drug-likeness (QED) is 0.574. The summed E-state index contributed by atoms with van der Waals surface area (Å²) >= 11 is 0. The van der Waals surface area contributed by atoms with Crippen molar-refractivity contribution in [3.8, 4) is 0 Å². The van der Waals surface area contributed by atoms with E-state index in [0.29, 0.717) is 18.0 Å². The van der Waals surface area contributed by atoms with E-state index in [1.165, 1.54) is 40.3 Å². The first-order chi connectivity index (χ1) is 12.2. The molecule has 1 aliphatic carbocycles. The molecule has 0 amide bonds. The van der Waals surface area contributed by atoms with Crippen LogP contribution in [0.3, 0.4) is 0 Å². The Labute approximate surface area is 151 Å². The Morgan fingerprint density at radius 3 is 2.52 bits per heavy atom. The van der Waals surface area contributed by atoms with Gasteiger partial charge in [0, 0.05) is 12.1 Å². The third-order valence-electron chi connectivity index (χ3n) is 6.24. The highest BCUT2D eigenvalue weighted by molar-refractivity contribution is 5.86. The van der Waals surface area contributed by atoms with Crippen LogP contribution in [-0.2, 0) is 6.42 Å². The van der Waals surface area contributed by atoms with Crippen LogP contribution in [0, 0.1) is 0 Å². The minimum atomic E-state index is 0.406. The molecule has 0 aromatic heterocycles. The largest absolute Gasteiger partial charge is 0.296 e. The van der Waals surface area contributed by atoms with Gasteiger partial charge in [-0.05, 0) is 60.2 Å². The van der Waals surface area contributed by atoms with Crippen LogP contribution >= 0.6 is 0 Å². The van der Waals surface area contributed by atoms with Gasteiger partial charge in [-0.15, -0.1) is 0 Å². The van der Waals surface area contributed by atoms with Gasteiger partial charge in [0.1, 0.15) is 0 Å². The average molecular weight is 329 g/mol. The third kappa shape index (κ3) is 2.87. The Morgan fingerprint density at radius 1 is 0.920 bits per heavy atom. The van der Waals surface area contributed by atoms with Crippen LogP contribution in [0.15, 0.2) is 66.7 Å². The Kier molecular flexibility index (Phi) is 4.35. The zero-order valence-corrected chi connectivity index (χ0v) is 15.4. The zero-order chi connectivity index (χ0) is 17.4. The summed E-state index contributed by atoms with van der Waals surface area (Å²) in [5.41, 5.74) is 4.51. The fourth-order valence-electron chi connectivity index (χ4n) is 4.64. The molecule has 0 fully saturated rings. The minimum Gasteiger partial charge on any atom is -0.296 e. The molecular formula is C24H27N. The van der Waals surface area contributed by atoms with Gasteiger partial charge in [0.2, 0.25) is 0 Å².